The van der Waals surface area contributed by atoms with Gasteiger partial charge in [0.1, 0.15) is 11.8 Å². The maximum Gasteiger partial charge on any atom is 0.251 e. The molecule has 3 amide bonds. The molecule has 4 heterocycles. The van der Waals surface area contributed by atoms with Crippen LogP contribution in [0.25, 0.3) is 0 Å². The van der Waals surface area contributed by atoms with E-state index >= 15 is 0 Å². The van der Waals surface area contributed by atoms with Crippen molar-refractivity contribution in [3.05, 3.63) is 78.9 Å². The number of ether oxygens (including phenoxy) is 1. The van der Waals surface area contributed by atoms with Gasteiger partial charge in [0.25, 0.3) is 5.91 Å². The summed E-state index contributed by atoms with van der Waals surface area (Å²) in [6.07, 6.45) is 8.56. The first-order valence-corrected chi connectivity index (χ1v) is 15.5. The fourth-order valence-electron chi connectivity index (χ4n) is 7.12. The lowest BCUT2D eigenvalue weighted by Crippen LogP contribution is -2.57. The number of methoxy groups -OCH3 is 1. The summed E-state index contributed by atoms with van der Waals surface area (Å²) in [6, 6.07) is 15.4. The Morgan fingerprint density at radius 3 is 2.26 bits per heavy atom. The maximum atomic E-state index is 14.7. The van der Waals surface area contributed by atoms with Gasteiger partial charge in [0.05, 0.1) is 36.3 Å². The first kappa shape index (κ1) is 28.6. The van der Waals surface area contributed by atoms with Crippen LogP contribution in [0.5, 0.6) is 5.75 Å². The van der Waals surface area contributed by atoms with Gasteiger partial charge in [0.2, 0.25) is 11.8 Å². The molecule has 42 heavy (non-hydrogen) atoms. The van der Waals surface area contributed by atoms with Crippen molar-refractivity contribution in [2.45, 2.75) is 42.3 Å². The molecular weight excluding hydrogens is 550 g/mol. The maximum absolute atomic E-state index is 14.7. The van der Waals surface area contributed by atoms with Crippen molar-refractivity contribution < 1.29 is 24.2 Å². The third-order valence-corrected chi connectivity index (χ3v) is 10.6. The number of carbonyl (C=O) groups is 3. The fraction of sp³-hybridized carbons (Fsp3) is 0.424. The van der Waals surface area contributed by atoms with E-state index in [-0.39, 0.29) is 35.5 Å². The van der Waals surface area contributed by atoms with Crippen LogP contribution < -0.4 is 14.5 Å². The number of carbonyl (C=O) groups excluding carboxylic acids is 3. The molecule has 4 aliphatic heterocycles. The molecule has 9 heteroatoms. The number of benzene rings is 2. The van der Waals surface area contributed by atoms with E-state index in [1.54, 1.807) is 33.6 Å². The van der Waals surface area contributed by atoms with Crippen LogP contribution in [0.2, 0.25) is 0 Å². The summed E-state index contributed by atoms with van der Waals surface area (Å²) in [7, 11) is 1.60. The number of aliphatic hydroxyl groups is 1. The summed E-state index contributed by atoms with van der Waals surface area (Å²) in [5.74, 6) is -1.05. The largest absolute Gasteiger partial charge is 0.497 e. The summed E-state index contributed by atoms with van der Waals surface area (Å²) < 4.78 is 4.37. The highest BCUT2D eigenvalue weighted by Gasteiger charge is 2.71. The zero-order chi connectivity index (χ0) is 29.6. The topological polar surface area (TPSA) is 90.4 Å². The second-order valence-electron chi connectivity index (χ2n) is 11.8. The van der Waals surface area contributed by atoms with Crippen LogP contribution in [0.3, 0.4) is 0 Å². The number of hydrogen-bond acceptors (Lipinski definition) is 6. The van der Waals surface area contributed by atoms with Gasteiger partial charge in [-0.15, -0.1) is 11.8 Å². The van der Waals surface area contributed by atoms with Crippen LogP contribution in [-0.2, 0) is 14.4 Å². The highest BCUT2D eigenvalue weighted by molar-refractivity contribution is 8.02. The molecular formula is C33H37N3O5S. The lowest BCUT2D eigenvalue weighted by Gasteiger charge is -2.39. The minimum absolute atomic E-state index is 0.110. The summed E-state index contributed by atoms with van der Waals surface area (Å²) in [5.41, 5.74) is 1.48. The number of hydrogen-bond donors (Lipinski definition) is 1. The molecule has 4 aliphatic rings. The van der Waals surface area contributed by atoms with Gasteiger partial charge in [0, 0.05) is 29.7 Å². The third kappa shape index (κ3) is 4.54. The van der Waals surface area contributed by atoms with Crippen molar-refractivity contribution in [2.24, 2.45) is 17.8 Å². The number of likely N-dealkylation sites (tertiary alicyclic amines) is 1. The highest BCUT2D eigenvalue weighted by atomic mass is 32.2. The Hall–Kier alpha value is -3.56. The van der Waals surface area contributed by atoms with Crippen LogP contribution >= 0.6 is 11.8 Å². The van der Waals surface area contributed by atoms with Crippen LogP contribution in [-0.4, -0.2) is 76.6 Å². The summed E-state index contributed by atoms with van der Waals surface area (Å²) >= 11 is 1.55. The fourth-order valence-corrected chi connectivity index (χ4v) is 9.12. The second kappa shape index (κ2) is 11.3. The minimum atomic E-state index is -0.950. The van der Waals surface area contributed by atoms with E-state index in [1.807, 2.05) is 92.7 Å². The van der Waals surface area contributed by atoms with Gasteiger partial charge in [-0.1, -0.05) is 56.4 Å². The van der Waals surface area contributed by atoms with Gasteiger partial charge >= 0.3 is 0 Å². The number of fused-ring (bicyclic) bond motifs is 2. The quantitative estimate of drug-likeness (QED) is 0.495. The van der Waals surface area contributed by atoms with E-state index in [4.69, 9.17) is 4.74 Å². The Bertz CT molecular complexity index is 1410. The molecule has 1 unspecified atom stereocenters. The van der Waals surface area contributed by atoms with Crippen LogP contribution in [0.4, 0.5) is 11.4 Å². The monoisotopic (exact) mass is 587 g/mol. The average Bonchev–Trinajstić information content (AvgIpc) is 3.31. The van der Waals surface area contributed by atoms with Crippen LogP contribution in [0.1, 0.15) is 20.3 Å². The van der Waals surface area contributed by atoms with Gasteiger partial charge in [-0.3, -0.25) is 14.4 Å². The second-order valence-corrected chi connectivity index (χ2v) is 13.3. The molecule has 8 nitrogen and oxygen atoms in total. The molecule has 0 aliphatic carbocycles. The molecule has 2 saturated heterocycles. The third-order valence-electron chi connectivity index (χ3n) is 8.90. The lowest BCUT2D eigenvalue weighted by molar-refractivity contribution is -0.142. The minimum Gasteiger partial charge on any atom is -0.497 e. The van der Waals surface area contributed by atoms with Crippen LogP contribution in [0.15, 0.2) is 78.9 Å². The summed E-state index contributed by atoms with van der Waals surface area (Å²) in [4.78, 5) is 48.8. The number of nitrogens with zero attached hydrogens (tertiary/aromatic N) is 3. The molecule has 2 aromatic carbocycles. The number of thioether (sulfide) groups is 1. The number of anilines is 2. The van der Waals surface area contributed by atoms with Crippen molar-refractivity contribution in [3.8, 4) is 5.75 Å². The Kier molecular flexibility index (Phi) is 7.66. The average molecular weight is 588 g/mol. The van der Waals surface area contributed by atoms with E-state index in [1.165, 1.54) is 0 Å². The molecule has 1 N–H and O–H groups in total. The molecule has 0 saturated carbocycles. The molecule has 6 atom stereocenters. The van der Waals surface area contributed by atoms with Crippen molar-refractivity contribution in [3.63, 3.8) is 0 Å². The van der Waals surface area contributed by atoms with E-state index in [2.05, 4.69) is 0 Å². The molecule has 0 radical (unpaired) electrons. The number of amides is 3. The zero-order valence-corrected chi connectivity index (χ0v) is 24.9. The van der Waals surface area contributed by atoms with Gasteiger partial charge in [-0.25, -0.2) is 0 Å². The first-order chi connectivity index (χ1) is 20.3. The highest BCUT2D eigenvalue weighted by Crippen LogP contribution is 2.61. The Balaban J connectivity index is 1.46. The van der Waals surface area contributed by atoms with E-state index in [9.17, 15) is 19.5 Å². The van der Waals surface area contributed by atoms with Crippen molar-refractivity contribution in [1.82, 2.24) is 4.90 Å². The summed E-state index contributed by atoms with van der Waals surface area (Å²) in [6.45, 7) is 4.58. The molecule has 220 valence electrons. The van der Waals surface area contributed by atoms with Gasteiger partial charge in [0.15, 0.2) is 0 Å². The van der Waals surface area contributed by atoms with Gasteiger partial charge < -0.3 is 24.5 Å². The van der Waals surface area contributed by atoms with E-state index in [0.29, 0.717) is 30.9 Å². The molecule has 0 aromatic heterocycles. The molecule has 2 aromatic rings. The molecule has 0 bridgehead atoms. The van der Waals surface area contributed by atoms with E-state index < -0.39 is 28.7 Å². The lowest BCUT2D eigenvalue weighted by atomic mass is 9.78. The Morgan fingerprint density at radius 1 is 0.929 bits per heavy atom. The normalized spacial score (nSPS) is 29.4. The predicted molar refractivity (Wildman–Crippen MR) is 164 cm³/mol. The Morgan fingerprint density at radius 2 is 1.60 bits per heavy atom. The molecule has 1 spiro atoms. The van der Waals surface area contributed by atoms with Crippen molar-refractivity contribution >= 4 is 40.9 Å². The van der Waals surface area contributed by atoms with Crippen molar-refractivity contribution in [1.29, 1.82) is 0 Å². The van der Waals surface area contributed by atoms with Gasteiger partial charge in [-0.05, 0) is 48.7 Å². The predicted octanol–water partition coefficient (Wildman–Crippen LogP) is 3.91. The zero-order valence-electron chi connectivity index (χ0n) is 24.1. The number of rotatable bonds is 7. The van der Waals surface area contributed by atoms with Crippen molar-refractivity contribution in [2.75, 3.05) is 36.6 Å². The molecule has 2 fully saturated rings. The summed E-state index contributed by atoms with van der Waals surface area (Å²) in [5, 5.41) is 10.3. The van der Waals surface area contributed by atoms with Gasteiger partial charge in [-0.2, -0.15) is 0 Å². The van der Waals surface area contributed by atoms with Crippen LogP contribution in [0, 0.1) is 17.8 Å². The molecule has 6 rings (SSSR count). The smallest absolute Gasteiger partial charge is 0.251 e. The first-order valence-electron chi connectivity index (χ1n) is 14.6. The Labute approximate surface area is 251 Å². The SMILES string of the molecule is COc1ccc(N2CC=C[C@]34S[C@H]5C=CCN(c6ccccc6)C(=O)[C@H]5[C@H]3C(=O)N([C@@H](CO)CC(C)C)C4C2=O)cc1. The van der Waals surface area contributed by atoms with E-state index in [0.717, 1.165) is 5.69 Å². The number of aliphatic hydroxyl groups excluding tert-OH is 1. The standard InChI is InChI=1S/C33H37N3O5S/c1-21(2)19-24(20-37)36-29-32(40)35(23-12-14-25(41-3)15-13-23)18-8-16-33(29)28(31(36)39)27-26(42-33)11-7-17-34(30(27)38)22-9-5-4-6-10-22/h4-16,21,24,26-29,37H,17-20H2,1-3H3/t24-,26+,27-,28+,29?,33+/m1/s1. The number of para-hydroxylation sites is 1.